The maximum Gasteiger partial charge on any atom is 0.250 e. The molecule has 0 radical (unpaired) electrons. The smallest absolute Gasteiger partial charge is 0.250 e. The molecule has 0 aliphatic carbocycles. The fourth-order valence-corrected chi connectivity index (χ4v) is 3.11. The molecule has 1 atom stereocenters. The van der Waals surface area contributed by atoms with E-state index in [1.54, 1.807) is 17.2 Å². The van der Waals surface area contributed by atoms with Gasteiger partial charge < -0.3 is 4.90 Å². The predicted molar refractivity (Wildman–Crippen MR) is 80.9 cm³/mol. The maximum atomic E-state index is 12.9. The minimum Gasteiger partial charge on any atom is -0.340 e. The molecule has 7 nitrogen and oxygen atoms in total. The van der Waals surface area contributed by atoms with E-state index in [2.05, 4.69) is 20.3 Å². The highest BCUT2D eigenvalue weighted by Gasteiger charge is 2.36. The lowest BCUT2D eigenvalue weighted by Crippen LogP contribution is -2.50. The van der Waals surface area contributed by atoms with Crippen LogP contribution < -0.4 is 0 Å². The second kappa shape index (κ2) is 5.90. The first kappa shape index (κ1) is 14.7. The molecular weight excluding hydrogens is 280 g/mol. The van der Waals surface area contributed by atoms with Crippen LogP contribution in [0.25, 0.3) is 0 Å². The molecule has 0 unspecified atom stereocenters. The number of aromatic amines is 1. The van der Waals surface area contributed by atoms with Crippen LogP contribution >= 0.6 is 0 Å². The molecule has 1 fully saturated rings. The van der Waals surface area contributed by atoms with Crippen molar-refractivity contribution in [3.63, 3.8) is 0 Å². The van der Waals surface area contributed by atoms with Crippen LogP contribution in [0, 0.1) is 5.92 Å². The molecule has 3 rings (SSSR count). The van der Waals surface area contributed by atoms with Gasteiger partial charge in [0.25, 0.3) is 0 Å². The van der Waals surface area contributed by atoms with Crippen LogP contribution in [0.5, 0.6) is 0 Å². The van der Waals surface area contributed by atoms with E-state index in [9.17, 15) is 4.79 Å². The largest absolute Gasteiger partial charge is 0.340 e. The van der Waals surface area contributed by atoms with Gasteiger partial charge in [-0.2, -0.15) is 10.2 Å². The van der Waals surface area contributed by atoms with Gasteiger partial charge >= 0.3 is 0 Å². The lowest BCUT2D eigenvalue weighted by atomic mass is 9.92. The summed E-state index contributed by atoms with van der Waals surface area (Å²) in [6, 6.07) is 2.00. The van der Waals surface area contributed by atoms with Crippen LogP contribution in [0.4, 0.5) is 0 Å². The zero-order chi connectivity index (χ0) is 15.6. The van der Waals surface area contributed by atoms with E-state index >= 15 is 0 Å². The van der Waals surface area contributed by atoms with Gasteiger partial charge in [0.05, 0.1) is 0 Å². The Hall–Kier alpha value is -2.18. The molecule has 118 valence electrons. The fraction of sp³-hybridized carbons (Fsp3) is 0.600. The second-order valence-corrected chi connectivity index (χ2v) is 6.44. The third kappa shape index (κ3) is 2.88. The van der Waals surface area contributed by atoms with Crippen molar-refractivity contribution in [2.45, 2.75) is 38.6 Å². The van der Waals surface area contributed by atoms with Gasteiger partial charge in [-0.05, 0) is 45.1 Å². The van der Waals surface area contributed by atoms with E-state index in [0.29, 0.717) is 5.92 Å². The van der Waals surface area contributed by atoms with Crippen molar-refractivity contribution in [3.8, 4) is 0 Å². The van der Waals surface area contributed by atoms with Crippen LogP contribution in [0.2, 0.25) is 0 Å². The number of nitrogens with one attached hydrogen (secondary N) is 1. The molecule has 3 heterocycles. The molecule has 1 aliphatic rings. The van der Waals surface area contributed by atoms with Crippen molar-refractivity contribution in [1.82, 2.24) is 29.9 Å². The number of likely N-dealkylation sites (tertiary alicyclic amines) is 1. The summed E-state index contributed by atoms with van der Waals surface area (Å²) in [4.78, 5) is 18.8. The van der Waals surface area contributed by atoms with Crippen LogP contribution in [0.15, 0.2) is 24.9 Å². The Labute approximate surface area is 129 Å². The molecule has 1 N–H and O–H groups in total. The Balaban J connectivity index is 1.67. The van der Waals surface area contributed by atoms with Crippen molar-refractivity contribution < 1.29 is 4.79 Å². The molecule has 1 saturated heterocycles. The summed E-state index contributed by atoms with van der Waals surface area (Å²) in [6.07, 6.45) is 7.96. The average Bonchev–Trinajstić information content (AvgIpc) is 3.20. The Morgan fingerprint density at radius 3 is 3.05 bits per heavy atom. The van der Waals surface area contributed by atoms with E-state index < -0.39 is 5.54 Å². The van der Waals surface area contributed by atoms with Crippen LogP contribution in [-0.4, -0.2) is 48.9 Å². The van der Waals surface area contributed by atoms with Crippen molar-refractivity contribution in [3.05, 3.63) is 30.6 Å². The molecule has 2 aromatic rings. The molecule has 22 heavy (non-hydrogen) atoms. The summed E-state index contributed by atoms with van der Waals surface area (Å²) in [7, 11) is 0. The van der Waals surface area contributed by atoms with E-state index in [1.165, 1.54) is 6.33 Å². The normalized spacial score (nSPS) is 19.4. The predicted octanol–water partition coefficient (Wildman–Crippen LogP) is 1.22. The first-order chi connectivity index (χ1) is 10.6. The number of rotatable bonds is 4. The van der Waals surface area contributed by atoms with Gasteiger partial charge in [0.2, 0.25) is 5.91 Å². The zero-order valence-corrected chi connectivity index (χ0v) is 13.1. The van der Waals surface area contributed by atoms with Gasteiger partial charge in [-0.3, -0.25) is 9.89 Å². The van der Waals surface area contributed by atoms with Gasteiger partial charge in [0, 0.05) is 25.0 Å². The SMILES string of the molecule is CC(C)(C(=O)N1CCC[C@@H](Cc2ccn[nH]2)C1)n1cncn1. The third-order valence-electron chi connectivity index (χ3n) is 4.39. The number of piperidine rings is 1. The molecule has 2 aromatic heterocycles. The van der Waals surface area contributed by atoms with Crippen LogP contribution in [0.1, 0.15) is 32.4 Å². The topological polar surface area (TPSA) is 79.7 Å². The monoisotopic (exact) mass is 302 g/mol. The highest BCUT2D eigenvalue weighted by molar-refractivity contribution is 5.83. The molecule has 0 spiro atoms. The number of aromatic nitrogens is 5. The summed E-state index contributed by atoms with van der Waals surface area (Å²) >= 11 is 0. The summed E-state index contributed by atoms with van der Waals surface area (Å²) in [5.74, 6) is 0.581. The van der Waals surface area contributed by atoms with E-state index in [1.807, 2.05) is 24.8 Å². The van der Waals surface area contributed by atoms with E-state index in [-0.39, 0.29) is 5.91 Å². The number of carbonyl (C=O) groups is 1. The lowest BCUT2D eigenvalue weighted by Gasteiger charge is -2.37. The number of amides is 1. The number of nitrogens with zero attached hydrogens (tertiary/aromatic N) is 5. The standard InChI is InChI=1S/C15H22N6O/c1-15(2,21-11-16-10-18-21)14(22)20-7-3-4-12(9-20)8-13-5-6-17-19-13/h5-6,10-12H,3-4,7-9H2,1-2H3,(H,17,19)/t12-/m0/s1. The van der Waals surface area contributed by atoms with Crippen molar-refractivity contribution in [2.75, 3.05) is 13.1 Å². The number of hydrogen-bond acceptors (Lipinski definition) is 4. The average molecular weight is 302 g/mol. The van der Waals surface area contributed by atoms with Crippen molar-refractivity contribution >= 4 is 5.91 Å². The molecule has 0 bridgehead atoms. The Morgan fingerprint density at radius 2 is 2.36 bits per heavy atom. The van der Waals surface area contributed by atoms with Gasteiger partial charge in [-0.25, -0.2) is 9.67 Å². The van der Waals surface area contributed by atoms with Gasteiger partial charge in [-0.1, -0.05) is 0 Å². The van der Waals surface area contributed by atoms with Gasteiger partial charge in [0.15, 0.2) is 0 Å². The molecule has 0 aromatic carbocycles. The summed E-state index contributed by atoms with van der Waals surface area (Å²) < 4.78 is 1.63. The highest BCUT2D eigenvalue weighted by Crippen LogP contribution is 2.24. The minimum atomic E-state index is -0.702. The summed E-state index contributed by atoms with van der Waals surface area (Å²) in [5.41, 5.74) is 0.432. The van der Waals surface area contributed by atoms with Gasteiger partial charge in [-0.15, -0.1) is 0 Å². The Kier molecular flexibility index (Phi) is 3.96. The quantitative estimate of drug-likeness (QED) is 0.921. The molecule has 0 saturated carbocycles. The third-order valence-corrected chi connectivity index (χ3v) is 4.39. The van der Waals surface area contributed by atoms with E-state index in [0.717, 1.165) is 38.0 Å². The maximum absolute atomic E-state index is 12.9. The van der Waals surface area contributed by atoms with Crippen LogP contribution in [0.3, 0.4) is 0 Å². The molecular formula is C15H22N6O. The second-order valence-electron chi connectivity index (χ2n) is 6.44. The van der Waals surface area contributed by atoms with Crippen LogP contribution in [-0.2, 0) is 16.8 Å². The molecule has 7 heteroatoms. The minimum absolute atomic E-state index is 0.104. The zero-order valence-electron chi connectivity index (χ0n) is 13.1. The van der Waals surface area contributed by atoms with Crippen molar-refractivity contribution in [1.29, 1.82) is 0 Å². The van der Waals surface area contributed by atoms with Gasteiger partial charge in [0.1, 0.15) is 18.2 Å². The summed E-state index contributed by atoms with van der Waals surface area (Å²) in [6.45, 7) is 5.39. The fourth-order valence-electron chi connectivity index (χ4n) is 3.11. The lowest BCUT2D eigenvalue weighted by molar-refractivity contribution is -0.141. The molecule has 1 aliphatic heterocycles. The Bertz CT molecular complexity index is 604. The first-order valence-corrected chi connectivity index (χ1v) is 7.70. The highest BCUT2D eigenvalue weighted by atomic mass is 16.2. The molecule has 1 amide bonds. The number of carbonyl (C=O) groups excluding carboxylic acids is 1. The van der Waals surface area contributed by atoms with E-state index in [4.69, 9.17) is 0 Å². The van der Waals surface area contributed by atoms with Crippen molar-refractivity contribution in [2.24, 2.45) is 5.92 Å². The first-order valence-electron chi connectivity index (χ1n) is 7.70. The number of hydrogen-bond donors (Lipinski definition) is 1. The Morgan fingerprint density at radius 1 is 1.50 bits per heavy atom. The number of H-pyrrole nitrogens is 1. The summed E-state index contributed by atoms with van der Waals surface area (Å²) in [5, 5.41) is 11.1.